The summed E-state index contributed by atoms with van der Waals surface area (Å²) in [7, 11) is 1.34. The molecule has 0 atom stereocenters. The maximum Gasteiger partial charge on any atom is 0.356 e. The molecule has 17 heavy (non-hydrogen) atoms. The van der Waals surface area contributed by atoms with Gasteiger partial charge in [0.25, 0.3) is 0 Å². The monoisotopic (exact) mass is 228 g/mol. The van der Waals surface area contributed by atoms with Crippen LogP contribution in [-0.4, -0.2) is 23.0 Å². The maximum atomic E-state index is 11.4. The molecular formula is C13H12N2O2. The molecule has 0 radical (unpaired) electrons. The van der Waals surface area contributed by atoms with Crippen molar-refractivity contribution in [3.8, 4) is 11.1 Å². The SMILES string of the molecule is COC(=O)c1cc(-c2cnccc2C)ccn1. The number of nitrogens with zero attached hydrogens (tertiary/aromatic N) is 2. The molecule has 0 spiro atoms. The Kier molecular flexibility index (Phi) is 3.14. The van der Waals surface area contributed by atoms with Crippen LogP contribution in [0.15, 0.2) is 36.8 Å². The molecule has 0 aromatic carbocycles. The lowest BCUT2D eigenvalue weighted by Crippen LogP contribution is -2.03. The van der Waals surface area contributed by atoms with Crippen LogP contribution in [0.2, 0.25) is 0 Å². The molecule has 2 rings (SSSR count). The lowest BCUT2D eigenvalue weighted by Gasteiger charge is -2.05. The van der Waals surface area contributed by atoms with Gasteiger partial charge in [0, 0.05) is 24.2 Å². The normalized spacial score (nSPS) is 10.0. The van der Waals surface area contributed by atoms with Crippen LogP contribution in [0, 0.1) is 6.92 Å². The third kappa shape index (κ3) is 2.30. The summed E-state index contributed by atoms with van der Waals surface area (Å²) in [5, 5.41) is 0. The van der Waals surface area contributed by atoms with Crippen LogP contribution in [0.4, 0.5) is 0 Å². The molecule has 0 aliphatic heterocycles. The van der Waals surface area contributed by atoms with E-state index < -0.39 is 5.97 Å². The van der Waals surface area contributed by atoms with Crippen LogP contribution in [0.25, 0.3) is 11.1 Å². The highest BCUT2D eigenvalue weighted by Crippen LogP contribution is 2.22. The molecule has 86 valence electrons. The van der Waals surface area contributed by atoms with E-state index in [0.717, 1.165) is 16.7 Å². The van der Waals surface area contributed by atoms with Crippen molar-refractivity contribution in [3.63, 3.8) is 0 Å². The summed E-state index contributed by atoms with van der Waals surface area (Å²) in [6.45, 7) is 2.00. The van der Waals surface area contributed by atoms with Crippen LogP contribution < -0.4 is 0 Å². The van der Waals surface area contributed by atoms with E-state index in [1.807, 2.05) is 19.1 Å². The predicted octanol–water partition coefficient (Wildman–Crippen LogP) is 2.24. The molecule has 0 N–H and O–H groups in total. The number of methoxy groups -OCH3 is 1. The van der Waals surface area contributed by atoms with Gasteiger partial charge < -0.3 is 4.74 Å². The zero-order valence-corrected chi connectivity index (χ0v) is 9.68. The third-order valence-corrected chi connectivity index (χ3v) is 2.50. The minimum Gasteiger partial charge on any atom is -0.464 e. The zero-order valence-electron chi connectivity index (χ0n) is 9.68. The van der Waals surface area contributed by atoms with Gasteiger partial charge >= 0.3 is 5.97 Å². The van der Waals surface area contributed by atoms with E-state index in [9.17, 15) is 4.79 Å². The highest BCUT2D eigenvalue weighted by molar-refractivity contribution is 5.88. The molecule has 0 amide bonds. The predicted molar refractivity (Wildman–Crippen MR) is 63.5 cm³/mol. The van der Waals surface area contributed by atoms with Crippen molar-refractivity contribution in [2.24, 2.45) is 0 Å². The lowest BCUT2D eigenvalue weighted by molar-refractivity contribution is 0.0594. The van der Waals surface area contributed by atoms with E-state index in [-0.39, 0.29) is 0 Å². The summed E-state index contributed by atoms with van der Waals surface area (Å²) in [5.74, 6) is -0.437. The third-order valence-electron chi connectivity index (χ3n) is 2.50. The Bertz CT molecular complexity index is 553. The van der Waals surface area contributed by atoms with Gasteiger partial charge in [-0.3, -0.25) is 4.98 Å². The highest BCUT2D eigenvalue weighted by Gasteiger charge is 2.09. The molecule has 0 saturated carbocycles. The fourth-order valence-electron chi connectivity index (χ4n) is 1.58. The van der Waals surface area contributed by atoms with Crippen molar-refractivity contribution >= 4 is 5.97 Å². The van der Waals surface area contributed by atoms with Gasteiger partial charge in [-0.25, -0.2) is 9.78 Å². The standard InChI is InChI=1S/C13H12N2O2/c1-9-3-5-14-8-11(9)10-4-6-15-12(7-10)13(16)17-2/h3-8H,1-2H3. The van der Waals surface area contributed by atoms with Crippen molar-refractivity contribution in [2.45, 2.75) is 6.92 Å². The Morgan fingerprint density at radius 1 is 1.29 bits per heavy atom. The minimum absolute atomic E-state index is 0.299. The first kappa shape index (κ1) is 11.3. The number of esters is 1. The van der Waals surface area contributed by atoms with Gasteiger partial charge in [0.1, 0.15) is 5.69 Å². The highest BCUT2D eigenvalue weighted by atomic mass is 16.5. The summed E-state index contributed by atoms with van der Waals surface area (Å²) in [4.78, 5) is 19.4. The first-order valence-electron chi connectivity index (χ1n) is 5.17. The zero-order chi connectivity index (χ0) is 12.3. The average Bonchev–Trinajstić information content (AvgIpc) is 2.38. The first-order valence-corrected chi connectivity index (χ1v) is 5.17. The lowest BCUT2D eigenvalue weighted by atomic mass is 10.0. The second-order valence-electron chi connectivity index (χ2n) is 3.61. The number of carbonyl (C=O) groups excluding carboxylic acids is 1. The number of rotatable bonds is 2. The summed E-state index contributed by atoms with van der Waals surface area (Å²) < 4.78 is 4.64. The van der Waals surface area contributed by atoms with E-state index in [1.165, 1.54) is 7.11 Å². The van der Waals surface area contributed by atoms with E-state index in [0.29, 0.717) is 5.69 Å². The van der Waals surface area contributed by atoms with E-state index in [2.05, 4.69) is 14.7 Å². The minimum atomic E-state index is -0.437. The van der Waals surface area contributed by atoms with E-state index in [1.54, 1.807) is 24.7 Å². The number of aryl methyl sites for hydroxylation is 1. The van der Waals surface area contributed by atoms with Crippen LogP contribution in [0.5, 0.6) is 0 Å². The Labute approximate surface area is 99.3 Å². The number of hydrogen-bond acceptors (Lipinski definition) is 4. The average molecular weight is 228 g/mol. The Morgan fingerprint density at radius 3 is 2.82 bits per heavy atom. The van der Waals surface area contributed by atoms with Crippen LogP contribution in [-0.2, 0) is 4.74 Å². The molecule has 4 nitrogen and oxygen atoms in total. The van der Waals surface area contributed by atoms with Crippen molar-refractivity contribution in [2.75, 3.05) is 7.11 Å². The fraction of sp³-hybridized carbons (Fsp3) is 0.154. The second-order valence-corrected chi connectivity index (χ2v) is 3.61. The molecule has 0 aliphatic carbocycles. The van der Waals surface area contributed by atoms with Crippen molar-refractivity contribution in [1.29, 1.82) is 0 Å². The molecule has 0 bridgehead atoms. The van der Waals surface area contributed by atoms with Crippen molar-refractivity contribution in [3.05, 3.63) is 48.0 Å². The molecule has 0 unspecified atom stereocenters. The Hall–Kier alpha value is -2.23. The molecule has 0 saturated heterocycles. The summed E-state index contributed by atoms with van der Waals surface area (Å²) in [6, 6.07) is 5.47. The smallest absolute Gasteiger partial charge is 0.356 e. The number of carbonyl (C=O) groups is 1. The molecule has 2 aromatic rings. The first-order chi connectivity index (χ1) is 8.22. The van der Waals surface area contributed by atoms with Gasteiger partial charge in [0.05, 0.1) is 7.11 Å². The van der Waals surface area contributed by atoms with Gasteiger partial charge in [0.15, 0.2) is 0 Å². The largest absolute Gasteiger partial charge is 0.464 e. The van der Waals surface area contributed by atoms with Gasteiger partial charge in [-0.1, -0.05) is 0 Å². The van der Waals surface area contributed by atoms with E-state index in [4.69, 9.17) is 0 Å². The van der Waals surface area contributed by atoms with Gasteiger partial charge in [-0.2, -0.15) is 0 Å². The number of pyridine rings is 2. The fourth-order valence-corrected chi connectivity index (χ4v) is 1.58. The van der Waals surface area contributed by atoms with Gasteiger partial charge in [-0.15, -0.1) is 0 Å². The van der Waals surface area contributed by atoms with Gasteiger partial charge in [-0.05, 0) is 36.2 Å². The van der Waals surface area contributed by atoms with Crippen LogP contribution in [0.3, 0.4) is 0 Å². The summed E-state index contributed by atoms with van der Waals surface area (Å²) >= 11 is 0. The van der Waals surface area contributed by atoms with Crippen molar-refractivity contribution < 1.29 is 9.53 Å². The molecular weight excluding hydrogens is 216 g/mol. The Morgan fingerprint density at radius 2 is 2.12 bits per heavy atom. The maximum absolute atomic E-state index is 11.4. The summed E-state index contributed by atoms with van der Waals surface area (Å²) in [6.07, 6.45) is 5.10. The molecule has 4 heteroatoms. The second kappa shape index (κ2) is 4.74. The van der Waals surface area contributed by atoms with Crippen LogP contribution in [0.1, 0.15) is 16.1 Å². The molecule has 2 aromatic heterocycles. The molecule has 0 aliphatic rings. The van der Waals surface area contributed by atoms with Gasteiger partial charge in [0.2, 0.25) is 0 Å². The van der Waals surface area contributed by atoms with E-state index >= 15 is 0 Å². The quantitative estimate of drug-likeness (QED) is 0.740. The topological polar surface area (TPSA) is 52.1 Å². The number of aromatic nitrogens is 2. The Balaban J connectivity index is 2.47. The summed E-state index contributed by atoms with van der Waals surface area (Å²) in [5.41, 5.74) is 3.29. The molecule has 2 heterocycles. The van der Waals surface area contributed by atoms with Crippen molar-refractivity contribution in [1.82, 2.24) is 9.97 Å². The number of ether oxygens (including phenoxy) is 1. The number of hydrogen-bond donors (Lipinski definition) is 0. The molecule has 0 fully saturated rings. The van der Waals surface area contributed by atoms with Crippen LogP contribution >= 0.6 is 0 Å².